The average molecular weight is 523 g/mol. The summed E-state index contributed by atoms with van der Waals surface area (Å²) < 4.78 is 0. The molecule has 0 unspecified atom stereocenters. The fourth-order valence-corrected chi connectivity index (χ4v) is 3.03. The maximum absolute atomic E-state index is 10.0. The van der Waals surface area contributed by atoms with Gasteiger partial charge in [-0.05, 0) is 21.8 Å². The number of hydrogen-bond acceptors (Lipinski definition) is 2. The summed E-state index contributed by atoms with van der Waals surface area (Å²) in [5, 5.41) is 8.36. The fourth-order valence-electron chi connectivity index (χ4n) is 2.05. The van der Waals surface area contributed by atoms with Gasteiger partial charge in [-0.15, -0.1) is 11.1 Å². The summed E-state index contributed by atoms with van der Waals surface area (Å²) in [7, 11) is -0.195. The summed E-state index contributed by atoms with van der Waals surface area (Å²) in [6.45, 7) is 7.52. The van der Waals surface area contributed by atoms with Crippen LogP contribution in [0, 0.1) is 6.07 Å². The number of rotatable bonds is 4. The maximum atomic E-state index is 10.0. The molecule has 0 radical (unpaired) electrons. The third-order valence-electron chi connectivity index (χ3n) is 2.94. The van der Waals surface area contributed by atoms with E-state index in [1.54, 1.807) is 0 Å². The monoisotopic (exact) mass is 523 g/mol. The van der Waals surface area contributed by atoms with Gasteiger partial charge in [-0.1, -0.05) is 35.9 Å². The van der Waals surface area contributed by atoms with Gasteiger partial charge < -0.3 is 5.11 Å². The van der Waals surface area contributed by atoms with Gasteiger partial charge in [0.25, 0.3) is 0 Å². The second kappa shape index (κ2) is 12.2. The van der Waals surface area contributed by atoms with Crippen molar-refractivity contribution in [2.45, 2.75) is 20.0 Å². The number of aliphatic hydroxyl groups is 1. The van der Waals surface area contributed by atoms with Gasteiger partial charge in [-0.25, -0.2) is 0 Å². The molecule has 0 aliphatic heterocycles. The zero-order valence-electron chi connectivity index (χ0n) is 14.6. The first-order chi connectivity index (χ1) is 10.9. The largest absolute Gasteiger partial charge is 0.512 e. The number of carbonyl (C=O) groups excluding carboxylic acids is 1. The van der Waals surface area contributed by atoms with Crippen molar-refractivity contribution in [3.8, 4) is 11.1 Å². The van der Waals surface area contributed by atoms with Crippen molar-refractivity contribution >= 4 is 13.7 Å². The van der Waals surface area contributed by atoms with Crippen LogP contribution in [-0.2, 0) is 32.0 Å². The first-order valence-electron chi connectivity index (χ1n) is 7.61. The number of aliphatic hydroxyl groups excluding tert-OH is 1. The minimum Gasteiger partial charge on any atom is -0.512 e. The Morgan fingerprint density at radius 3 is 2.08 bits per heavy atom. The molecular weight excluding hydrogens is 498 g/mol. The van der Waals surface area contributed by atoms with Crippen LogP contribution >= 0.6 is 7.92 Å². The molecule has 0 saturated heterocycles. The quantitative estimate of drug-likeness (QED) is 0.260. The van der Waals surface area contributed by atoms with Crippen LogP contribution in [0.1, 0.15) is 19.4 Å². The molecule has 0 aliphatic rings. The standard InChI is InChI=1S/C15H16P.C5H8O2.Pt/c1-16(2)12-13-8-10-15(11-9-13)14-6-4-3-5-7-14;1-4(6)3-5(2)7;/h3-8,10-11H,12H2,1-2H3;3,6H,1-2H3;/q-1;;/p+1. The van der Waals surface area contributed by atoms with E-state index in [4.69, 9.17) is 5.11 Å². The van der Waals surface area contributed by atoms with Gasteiger partial charge >= 0.3 is 0 Å². The SMILES string of the molecule is CC(=O)C=C(C)O.C[PH+](C)Cc1[c-]cc(-c2ccccc2)cc1.[Pt]. The van der Waals surface area contributed by atoms with Crippen LogP contribution in [0.2, 0.25) is 0 Å². The normalized spacial score (nSPS) is 10.5. The number of carbonyl (C=O) groups is 1. The van der Waals surface area contributed by atoms with E-state index in [-0.39, 0.29) is 40.5 Å². The molecule has 4 heteroatoms. The zero-order valence-corrected chi connectivity index (χ0v) is 17.8. The minimum absolute atomic E-state index is 0. The van der Waals surface area contributed by atoms with E-state index in [2.05, 4.69) is 61.9 Å². The van der Waals surface area contributed by atoms with E-state index in [0.29, 0.717) is 0 Å². The van der Waals surface area contributed by atoms with Crippen LogP contribution in [0.4, 0.5) is 0 Å². The molecule has 0 bridgehead atoms. The van der Waals surface area contributed by atoms with E-state index in [1.807, 2.05) is 6.07 Å². The summed E-state index contributed by atoms with van der Waals surface area (Å²) in [6.07, 6.45) is 2.37. The number of benzene rings is 2. The van der Waals surface area contributed by atoms with E-state index in [1.165, 1.54) is 42.8 Å². The van der Waals surface area contributed by atoms with Crippen molar-refractivity contribution in [2.24, 2.45) is 0 Å². The molecule has 2 aromatic rings. The van der Waals surface area contributed by atoms with Crippen LogP contribution in [0.5, 0.6) is 0 Å². The Kier molecular flexibility index (Phi) is 11.6. The molecule has 0 aliphatic carbocycles. The van der Waals surface area contributed by atoms with Crippen molar-refractivity contribution in [3.05, 3.63) is 72.0 Å². The van der Waals surface area contributed by atoms with Gasteiger partial charge in [0.15, 0.2) is 5.78 Å². The maximum Gasteiger partial charge on any atom is 0.155 e. The van der Waals surface area contributed by atoms with Gasteiger partial charge in [0, 0.05) is 40.5 Å². The van der Waals surface area contributed by atoms with Crippen LogP contribution in [0.25, 0.3) is 11.1 Å². The predicted molar refractivity (Wildman–Crippen MR) is 102 cm³/mol. The van der Waals surface area contributed by atoms with Crippen LogP contribution < -0.4 is 0 Å². The van der Waals surface area contributed by atoms with Crippen molar-refractivity contribution in [2.75, 3.05) is 13.3 Å². The summed E-state index contributed by atoms with van der Waals surface area (Å²) in [4.78, 5) is 10.0. The van der Waals surface area contributed by atoms with Gasteiger partial charge in [0.1, 0.15) is 0 Å². The van der Waals surface area contributed by atoms with Gasteiger partial charge in [0.05, 0.1) is 11.9 Å². The van der Waals surface area contributed by atoms with Gasteiger partial charge in [-0.3, -0.25) is 4.79 Å². The molecule has 132 valence electrons. The summed E-state index contributed by atoms with van der Waals surface area (Å²) >= 11 is 0. The molecule has 2 nitrogen and oxygen atoms in total. The molecule has 2 rings (SSSR count). The molecule has 24 heavy (non-hydrogen) atoms. The molecule has 0 aromatic heterocycles. The topological polar surface area (TPSA) is 37.3 Å². The van der Waals surface area contributed by atoms with Crippen LogP contribution in [0.15, 0.2) is 60.4 Å². The summed E-state index contributed by atoms with van der Waals surface area (Å²) in [6, 6.07) is 20.4. The minimum atomic E-state index is -0.195. The Balaban J connectivity index is 0.000000570. The van der Waals surface area contributed by atoms with Crippen LogP contribution in [0.3, 0.4) is 0 Å². The number of allylic oxidation sites excluding steroid dienone is 2. The number of ketones is 1. The fraction of sp³-hybridized carbons (Fsp3) is 0.250. The average Bonchev–Trinajstić information content (AvgIpc) is 2.47. The Hall–Kier alpha value is -1.23. The van der Waals surface area contributed by atoms with E-state index >= 15 is 0 Å². The smallest absolute Gasteiger partial charge is 0.155 e. The van der Waals surface area contributed by atoms with Crippen molar-refractivity contribution in [1.29, 1.82) is 0 Å². The van der Waals surface area contributed by atoms with Crippen molar-refractivity contribution in [3.63, 3.8) is 0 Å². The molecule has 0 spiro atoms. The van der Waals surface area contributed by atoms with Crippen molar-refractivity contribution < 1.29 is 31.0 Å². The molecule has 0 amide bonds. The molecule has 2 aromatic carbocycles. The molecule has 0 fully saturated rings. The Morgan fingerprint density at radius 2 is 1.71 bits per heavy atom. The van der Waals surface area contributed by atoms with E-state index < -0.39 is 0 Å². The third kappa shape index (κ3) is 9.81. The molecule has 1 N–H and O–H groups in total. The van der Waals surface area contributed by atoms with Crippen LogP contribution in [-0.4, -0.2) is 24.2 Å². The second-order valence-corrected chi connectivity index (χ2v) is 8.52. The first kappa shape index (κ1) is 22.8. The molecular formula is C20H25O2PPt. The molecule has 0 atom stereocenters. The van der Waals surface area contributed by atoms with E-state index in [0.717, 1.165) is 0 Å². The Morgan fingerprint density at radius 1 is 1.08 bits per heavy atom. The van der Waals surface area contributed by atoms with Gasteiger partial charge in [-0.2, -0.15) is 24.3 Å². The number of hydrogen-bond donors (Lipinski definition) is 1. The zero-order chi connectivity index (χ0) is 17.2. The predicted octanol–water partition coefficient (Wildman–Crippen LogP) is 5.16. The summed E-state index contributed by atoms with van der Waals surface area (Å²) in [5.74, 6) is -0.0625. The van der Waals surface area contributed by atoms with E-state index in [9.17, 15) is 4.79 Å². The second-order valence-electron chi connectivity index (χ2n) is 5.75. The van der Waals surface area contributed by atoms with Crippen molar-refractivity contribution in [1.82, 2.24) is 0 Å². The molecule has 0 saturated carbocycles. The Labute approximate surface area is 161 Å². The third-order valence-corrected chi connectivity index (χ3v) is 4.03. The summed E-state index contributed by atoms with van der Waals surface area (Å²) in [5.41, 5.74) is 3.87. The van der Waals surface area contributed by atoms with Gasteiger partial charge in [0.2, 0.25) is 0 Å². The Bertz CT molecular complexity index is 630. The first-order valence-corrected chi connectivity index (χ1v) is 10.3. The molecule has 0 heterocycles.